The first-order chi connectivity index (χ1) is 6.56. The van der Waals surface area contributed by atoms with Crippen molar-refractivity contribution in [2.75, 3.05) is 21.3 Å². The van der Waals surface area contributed by atoms with Crippen molar-refractivity contribution in [1.82, 2.24) is 5.32 Å². The molecule has 0 aliphatic carbocycles. The lowest BCUT2D eigenvalue weighted by molar-refractivity contribution is 0.104. The van der Waals surface area contributed by atoms with E-state index in [2.05, 4.69) is 5.32 Å². The number of carboxylic acid groups (broad SMARTS) is 1. The van der Waals surface area contributed by atoms with Crippen molar-refractivity contribution in [2.45, 2.75) is 19.0 Å². The van der Waals surface area contributed by atoms with E-state index in [9.17, 15) is 4.79 Å². The molecule has 1 atom stereocenters. The van der Waals surface area contributed by atoms with E-state index < -0.39 is 20.6 Å². The van der Waals surface area contributed by atoms with Gasteiger partial charge in [-0.3, -0.25) is 0 Å². The van der Waals surface area contributed by atoms with Crippen molar-refractivity contribution in [3.8, 4) is 0 Å². The van der Waals surface area contributed by atoms with Crippen LogP contribution in [0.5, 0.6) is 0 Å². The van der Waals surface area contributed by atoms with Crippen molar-refractivity contribution in [3.63, 3.8) is 0 Å². The van der Waals surface area contributed by atoms with Gasteiger partial charge in [0.2, 0.25) is 0 Å². The first-order valence-corrected chi connectivity index (χ1v) is 6.01. The molecule has 0 aromatic rings. The second-order valence-electron chi connectivity index (χ2n) is 2.63. The van der Waals surface area contributed by atoms with Gasteiger partial charge in [-0.2, -0.15) is 0 Å². The van der Waals surface area contributed by atoms with E-state index in [1.165, 1.54) is 21.3 Å². The highest BCUT2D eigenvalue weighted by Gasteiger charge is 2.47. The van der Waals surface area contributed by atoms with Crippen molar-refractivity contribution in [1.29, 1.82) is 0 Å². The number of hydrogen-bond donors (Lipinski definition) is 2. The minimum Gasteiger partial charge on any atom is -0.465 e. The van der Waals surface area contributed by atoms with Gasteiger partial charge in [0, 0.05) is 21.3 Å². The second kappa shape index (κ2) is 5.97. The van der Waals surface area contributed by atoms with Crippen LogP contribution in [0.1, 0.15) is 13.3 Å². The molecule has 2 N–H and O–H groups in total. The Morgan fingerprint density at radius 1 is 1.36 bits per heavy atom. The average Bonchev–Trinajstić information content (AvgIpc) is 2.19. The van der Waals surface area contributed by atoms with Gasteiger partial charge in [0.25, 0.3) is 0 Å². The summed E-state index contributed by atoms with van der Waals surface area (Å²) in [4.78, 5) is 10.5. The van der Waals surface area contributed by atoms with E-state index in [0.717, 1.165) is 0 Å². The van der Waals surface area contributed by atoms with Crippen LogP contribution in [0.15, 0.2) is 0 Å². The predicted molar refractivity (Wildman–Crippen MR) is 52.0 cm³/mol. The molecule has 0 rings (SSSR count). The van der Waals surface area contributed by atoms with Gasteiger partial charge < -0.3 is 23.7 Å². The summed E-state index contributed by atoms with van der Waals surface area (Å²) in [5.74, 6) is 0. The van der Waals surface area contributed by atoms with Crippen LogP contribution in [0.4, 0.5) is 4.79 Å². The van der Waals surface area contributed by atoms with Gasteiger partial charge in [0.15, 0.2) is 0 Å². The number of rotatable bonds is 6. The normalized spacial score (nSPS) is 13.7. The molecule has 0 radical (unpaired) electrons. The summed E-state index contributed by atoms with van der Waals surface area (Å²) in [6.45, 7) is 1.83. The number of amides is 1. The Morgan fingerprint density at radius 2 is 1.79 bits per heavy atom. The van der Waals surface area contributed by atoms with Gasteiger partial charge in [-0.15, -0.1) is 0 Å². The van der Waals surface area contributed by atoms with Crippen molar-refractivity contribution < 1.29 is 23.2 Å². The molecule has 0 spiro atoms. The molecule has 0 heterocycles. The zero-order chi connectivity index (χ0) is 11.2. The van der Waals surface area contributed by atoms with Crippen molar-refractivity contribution in [2.24, 2.45) is 0 Å². The molecule has 6 nitrogen and oxygen atoms in total. The molecule has 0 aromatic heterocycles. The van der Waals surface area contributed by atoms with Gasteiger partial charge in [-0.25, -0.2) is 4.79 Å². The van der Waals surface area contributed by atoms with Crippen LogP contribution in [0, 0.1) is 0 Å². The molecule has 7 heteroatoms. The van der Waals surface area contributed by atoms with E-state index in [1.807, 2.05) is 6.92 Å². The summed E-state index contributed by atoms with van der Waals surface area (Å²) >= 11 is 0. The summed E-state index contributed by atoms with van der Waals surface area (Å²) in [6.07, 6.45) is -0.562. The third-order valence-corrected chi connectivity index (χ3v) is 5.10. The van der Waals surface area contributed by atoms with Gasteiger partial charge in [-0.1, -0.05) is 6.92 Å². The predicted octanol–water partition coefficient (Wildman–Crippen LogP) is 0.450. The number of nitrogens with one attached hydrogen (secondary N) is 1. The highest BCUT2D eigenvalue weighted by atomic mass is 28.4. The van der Waals surface area contributed by atoms with E-state index in [4.69, 9.17) is 18.4 Å². The monoisotopic (exact) mass is 223 g/mol. The molecule has 0 saturated carbocycles. The first-order valence-electron chi connectivity index (χ1n) is 4.21. The second-order valence-corrected chi connectivity index (χ2v) is 5.76. The Kier molecular flexibility index (Phi) is 5.70. The summed E-state index contributed by atoms with van der Waals surface area (Å²) in [6, 6.07) is 0. The van der Waals surface area contributed by atoms with Crippen LogP contribution >= 0.6 is 0 Å². The van der Waals surface area contributed by atoms with Gasteiger partial charge >= 0.3 is 14.9 Å². The van der Waals surface area contributed by atoms with Crippen LogP contribution in [-0.2, 0) is 13.3 Å². The molecule has 0 saturated heterocycles. The summed E-state index contributed by atoms with van der Waals surface area (Å²) in [5, 5.41) is 10.9. The van der Waals surface area contributed by atoms with Gasteiger partial charge in [-0.05, 0) is 6.42 Å². The lowest BCUT2D eigenvalue weighted by Gasteiger charge is -2.31. The van der Waals surface area contributed by atoms with Crippen LogP contribution in [-0.4, -0.2) is 47.0 Å². The average molecular weight is 223 g/mol. The lowest BCUT2D eigenvalue weighted by Crippen LogP contribution is -2.61. The zero-order valence-corrected chi connectivity index (χ0v) is 9.86. The fraction of sp³-hybridized carbons (Fsp3) is 0.857. The third kappa shape index (κ3) is 2.95. The Bertz CT molecular complexity index is 177. The molecule has 0 bridgehead atoms. The fourth-order valence-electron chi connectivity index (χ4n) is 1.27. The first kappa shape index (κ1) is 13.4. The van der Waals surface area contributed by atoms with Crippen LogP contribution in [0.25, 0.3) is 0 Å². The minimum absolute atomic E-state index is 0.444. The number of hydrogen-bond acceptors (Lipinski definition) is 4. The largest absolute Gasteiger partial charge is 0.523 e. The molecule has 0 aromatic carbocycles. The lowest BCUT2D eigenvalue weighted by atomic mass is 10.5. The molecule has 0 aliphatic rings. The van der Waals surface area contributed by atoms with Gasteiger partial charge in [0.1, 0.15) is 5.67 Å². The molecular weight excluding hydrogens is 206 g/mol. The molecule has 0 aliphatic heterocycles. The third-order valence-electron chi connectivity index (χ3n) is 1.99. The Hall–Kier alpha value is -0.633. The van der Waals surface area contributed by atoms with Crippen LogP contribution in [0.3, 0.4) is 0 Å². The van der Waals surface area contributed by atoms with E-state index in [-0.39, 0.29) is 0 Å². The highest BCUT2D eigenvalue weighted by Crippen LogP contribution is 2.14. The molecule has 1 unspecified atom stereocenters. The summed E-state index contributed by atoms with van der Waals surface area (Å²) in [5.41, 5.74) is -0.444. The van der Waals surface area contributed by atoms with Crippen molar-refractivity contribution in [3.05, 3.63) is 0 Å². The maximum Gasteiger partial charge on any atom is 0.523 e. The highest BCUT2D eigenvalue weighted by molar-refractivity contribution is 6.62. The molecule has 1 amide bonds. The Labute approximate surface area is 84.5 Å². The van der Waals surface area contributed by atoms with Crippen LogP contribution < -0.4 is 5.32 Å². The molecule has 0 fully saturated rings. The van der Waals surface area contributed by atoms with Crippen molar-refractivity contribution >= 4 is 14.9 Å². The molecular formula is C7H17NO5Si. The van der Waals surface area contributed by atoms with E-state index in [0.29, 0.717) is 6.42 Å². The van der Waals surface area contributed by atoms with E-state index in [1.54, 1.807) is 0 Å². The number of carbonyl (C=O) groups is 1. The summed E-state index contributed by atoms with van der Waals surface area (Å²) in [7, 11) is 1.45. The van der Waals surface area contributed by atoms with Crippen LogP contribution in [0.2, 0.25) is 0 Å². The topological polar surface area (TPSA) is 77.0 Å². The Balaban J connectivity index is 4.64. The smallest absolute Gasteiger partial charge is 0.465 e. The SMILES string of the molecule is CCC(NC(=O)O)[Si](OC)(OC)OC. The maximum absolute atomic E-state index is 10.5. The zero-order valence-electron chi connectivity index (χ0n) is 8.86. The van der Waals surface area contributed by atoms with Gasteiger partial charge in [0.05, 0.1) is 0 Å². The molecule has 84 valence electrons. The fourth-order valence-corrected chi connectivity index (χ4v) is 3.42. The quantitative estimate of drug-likeness (QED) is 0.639. The van der Waals surface area contributed by atoms with E-state index >= 15 is 0 Å². The maximum atomic E-state index is 10.5. The molecule has 14 heavy (non-hydrogen) atoms. The summed E-state index contributed by atoms with van der Waals surface area (Å²) < 4.78 is 15.5. The Morgan fingerprint density at radius 3 is 2.00 bits per heavy atom. The standard InChI is InChI=1S/C7H17NO5Si/c1-5-6(8-7(9)10)14(11-2,12-3)13-4/h6,8H,5H2,1-4H3,(H,9,10). The minimum atomic E-state index is -2.90.